The largest absolute Gasteiger partial charge is 0.381 e. The lowest BCUT2D eigenvalue weighted by Crippen LogP contribution is -2.68. The molecule has 2 aliphatic rings. The smallest absolute Gasteiger partial charge is 0.254 e. The van der Waals surface area contributed by atoms with E-state index in [1.165, 1.54) is 17.0 Å². The van der Waals surface area contributed by atoms with E-state index in [0.29, 0.717) is 19.6 Å². The van der Waals surface area contributed by atoms with Crippen LogP contribution in [0.3, 0.4) is 0 Å². The molecule has 1 aromatic rings. The Morgan fingerprint density at radius 3 is 2.79 bits per heavy atom. The maximum Gasteiger partial charge on any atom is 0.254 e. The summed E-state index contributed by atoms with van der Waals surface area (Å²) >= 11 is 5.71. The second-order valence-electron chi connectivity index (χ2n) is 6.32. The van der Waals surface area contributed by atoms with E-state index in [9.17, 15) is 17.6 Å². The van der Waals surface area contributed by atoms with E-state index in [0.717, 1.165) is 6.07 Å². The molecule has 0 aromatic heterocycles. The van der Waals surface area contributed by atoms with Crippen LogP contribution in [-0.4, -0.2) is 56.0 Å². The molecule has 2 fully saturated rings. The number of amides is 1. The maximum absolute atomic E-state index is 13.2. The third kappa shape index (κ3) is 2.72. The molecular formula is C16H19ClFNO4S. The van der Waals surface area contributed by atoms with Crippen molar-refractivity contribution in [2.75, 3.05) is 32.1 Å². The van der Waals surface area contributed by atoms with Gasteiger partial charge in [0.25, 0.3) is 5.91 Å². The zero-order valence-corrected chi connectivity index (χ0v) is 14.9. The second kappa shape index (κ2) is 6.28. The van der Waals surface area contributed by atoms with Crippen LogP contribution in [0, 0.1) is 11.7 Å². The minimum absolute atomic E-state index is 0.0942. The van der Waals surface area contributed by atoms with Crippen LogP contribution < -0.4 is 0 Å². The molecule has 8 heteroatoms. The van der Waals surface area contributed by atoms with Crippen LogP contribution in [0.1, 0.15) is 23.7 Å². The Kier molecular flexibility index (Phi) is 4.61. The lowest BCUT2D eigenvalue weighted by Gasteiger charge is -2.49. The molecule has 2 saturated heterocycles. The molecule has 0 saturated carbocycles. The molecule has 24 heavy (non-hydrogen) atoms. The first kappa shape index (κ1) is 17.6. The number of benzene rings is 1. The van der Waals surface area contributed by atoms with Crippen molar-refractivity contribution < 1.29 is 22.3 Å². The molecule has 0 N–H and O–H groups in total. The van der Waals surface area contributed by atoms with Crippen LogP contribution in [0.4, 0.5) is 4.39 Å². The highest BCUT2D eigenvalue weighted by molar-refractivity contribution is 7.93. The molecule has 1 amide bonds. The SMILES string of the molecule is CCOC[C@H]1CCS(=O)(=O)C12CN(C(=O)c1ccc(F)c(Cl)c1)C2. The highest BCUT2D eigenvalue weighted by Crippen LogP contribution is 2.45. The number of ether oxygens (including phenoxy) is 1. The Morgan fingerprint density at radius 1 is 1.46 bits per heavy atom. The van der Waals surface area contributed by atoms with E-state index >= 15 is 0 Å². The molecule has 0 aliphatic carbocycles. The van der Waals surface area contributed by atoms with E-state index in [-0.39, 0.29) is 41.3 Å². The lowest BCUT2D eigenvalue weighted by atomic mass is 9.83. The summed E-state index contributed by atoms with van der Waals surface area (Å²) in [6.07, 6.45) is 0.562. The van der Waals surface area contributed by atoms with Crippen molar-refractivity contribution in [2.24, 2.45) is 5.92 Å². The summed E-state index contributed by atoms with van der Waals surface area (Å²) in [5.74, 6) is -0.888. The average Bonchev–Trinajstić information content (AvgIpc) is 2.76. The van der Waals surface area contributed by atoms with E-state index in [1.807, 2.05) is 6.92 Å². The summed E-state index contributed by atoms with van der Waals surface area (Å²) in [4.78, 5) is 14.0. The van der Waals surface area contributed by atoms with E-state index in [2.05, 4.69) is 0 Å². The van der Waals surface area contributed by atoms with E-state index in [4.69, 9.17) is 16.3 Å². The minimum atomic E-state index is -3.25. The second-order valence-corrected chi connectivity index (χ2v) is 9.18. The molecule has 2 heterocycles. The monoisotopic (exact) mass is 375 g/mol. The Bertz CT molecular complexity index is 761. The van der Waals surface area contributed by atoms with Gasteiger partial charge in [0.1, 0.15) is 10.6 Å². The van der Waals surface area contributed by atoms with Crippen molar-refractivity contribution in [1.29, 1.82) is 0 Å². The quantitative estimate of drug-likeness (QED) is 0.808. The first-order chi connectivity index (χ1) is 11.3. The van der Waals surface area contributed by atoms with Crippen molar-refractivity contribution in [3.05, 3.63) is 34.6 Å². The van der Waals surface area contributed by atoms with Gasteiger partial charge in [0.2, 0.25) is 0 Å². The molecule has 1 atom stereocenters. The van der Waals surface area contributed by atoms with Gasteiger partial charge in [-0.05, 0) is 31.5 Å². The molecule has 5 nitrogen and oxygen atoms in total. The Labute approximate surface area is 145 Å². The zero-order valence-electron chi connectivity index (χ0n) is 13.3. The number of rotatable bonds is 4. The normalized spacial score (nSPS) is 24.1. The number of carbonyl (C=O) groups is 1. The van der Waals surface area contributed by atoms with Crippen LogP contribution >= 0.6 is 11.6 Å². The van der Waals surface area contributed by atoms with Crippen molar-refractivity contribution >= 4 is 27.3 Å². The van der Waals surface area contributed by atoms with Gasteiger partial charge >= 0.3 is 0 Å². The average molecular weight is 376 g/mol. The molecule has 0 bridgehead atoms. The first-order valence-electron chi connectivity index (χ1n) is 7.85. The van der Waals surface area contributed by atoms with Gasteiger partial charge in [0, 0.05) is 31.2 Å². The first-order valence-corrected chi connectivity index (χ1v) is 9.88. The fraction of sp³-hybridized carbons (Fsp3) is 0.562. The number of likely N-dealkylation sites (tertiary alicyclic amines) is 1. The number of hydrogen-bond acceptors (Lipinski definition) is 4. The van der Waals surface area contributed by atoms with Gasteiger partial charge in [-0.2, -0.15) is 0 Å². The van der Waals surface area contributed by atoms with Crippen molar-refractivity contribution in [2.45, 2.75) is 18.1 Å². The molecule has 0 radical (unpaired) electrons. The predicted octanol–water partition coefficient (Wildman–Crippen LogP) is 2.14. The maximum atomic E-state index is 13.2. The summed E-state index contributed by atoms with van der Waals surface area (Å²) in [5, 5.41) is -0.126. The molecule has 2 aliphatic heterocycles. The summed E-state index contributed by atoms with van der Waals surface area (Å²) in [6.45, 7) is 3.09. The summed E-state index contributed by atoms with van der Waals surface area (Å²) in [7, 11) is -3.25. The third-order valence-corrected chi connectivity index (χ3v) is 7.89. The summed E-state index contributed by atoms with van der Waals surface area (Å²) in [6, 6.07) is 3.76. The van der Waals surface area contributed by atoms with Gasteiger partial charge in [-0.15, -0.1) is 0 Å². The van der Waals surface area contributed by atoms with Crippen molar-refractivity contribution in [1.82, 2.24) is 4.90 Å². The molecule has 1 aromatic carbocycles. The van der Waals surface area contributed by atoms with Crippen LogP contribution in [-0.2, 0) is 14.6 Å². The highest BCUT2D eigenvalue weighted by Gasteiger charge is 2.62. The number of hydrogen-bond donors (Lipinski definition) is 0. The lowest BCUT2D eigenvalue weighted by molar-refractivity contribution is 0.0271. The van der Waals surface area contributed by atoms with Crippen LogP contribution in [0.15, 0.2) is 18.2 Å². The fourth-order valence-corrected chi connectivity index (χ4v) is 6.10. The molecule has 132 valence electrons. The van der Waals surface area contributed by atoms with Gasteiger partial charge in [-0.1, -0.05) is 11.6 Å². The number of nitrogens with zero attached hydrogens (tertiary/aromatic N) is 1. The third-order valence-electron chi connectivity index (χ3n) is 4.99. The Balaban J connectivity index is 1.76. The van der Waals surface area contributed by atoms with Gasteiger partial charge in [0.05, 0.1) is 17.4 Å². The molecule has 0 unspecified atom stereocenters. The van der Waals surface area contributed by atoms with Crippen LogP contribution in [0.2, 0.25) is 5.02 Å². The molecule has 3 rings (SSSR count). The molecule has 1 spiro atoms. The standard InChI is InChI=1S/C16H19ClFNO4S/c1-2-23-8-12-5-6-24(21,22)16(12)9-19(10-16)15(20)11-3-4-14(18)13(17)7-11/h3-4,7,12H,2,5-6,8-10H2,1H3/t12-/m1/s1. The van der Waals surface area contributed by atoms with Crippen LogP contribution in [0.25, 0.3) is 0 Å². The number of carbonyl (C=O) groups excluding carboxylic acids is 1. The van der Waals surface area contributed by atoms with Gasteiger partial charge in [0.15, 0.2) is 9.84 Å². The Hall–Kier alpha value is -1.18. The van der Waals surface area contributed by atoms with Gasteiger partial charge < -0.3 is 9.64 Å². The highest BCUT2D eigenvalue weighted by atomic mass is 35.5. The zero-order chi connectivity index (χ0) is 17.5. The molecular weight excluding hydrogens is 357 g/mol. The minimum Gasteiger partial charge on any atom is -0.381 e. The van der Waals surface area contributed by atoms with E-state index in [1.54, 1.807) is 0 Å². The topological polar surface area (TPSA) is 63.7 Å². The fourth-order valence-electron chi connectivity index (χ4n) is 3.52. The van der Waals surface area contributed by atoms with Crippen molar-refractivity contribution in [3.8, 4) is 0 Å². The van der Waals surface area contributed by atoms with Crippen molar-refractivity contribution in [3.63, 3.8) is 0 Å². The van der Waals surface area contributed by atoms with Crippen LogP contribution in [0.5, 0.6) is 0 Å². The predicted molar refractivity (Wildman–Crippen MR) is 88.4 cm³/mol. The number of halogens is 2. The summed E-state index contributed by atoms with van der Waals surface area (Å²) in [5.41, 5.74) is 0.257. The van der Waals surface area contributed by atoms with Gasteiger partial charge in [-0.25, -0.2) is 12.8 Å². The van der Waals surface area contributed by atoms with Gasteiger partial charge in [-0.3, -0.25) is 4.79 Å². The summed E-state index contributed by atoms with van der Waals surface area (Å²) < 4.78 is 42.7. The Morgan fingerprint density at radius 2 is 2.17 bits per heavy atom. The number of sulfone groups is 1. The van der Waals surface area contributed by atoms with E-state index < -0.39 is 20.4 Å².